The first-order chi connectivity index (χ1) is 13.0. The zero-order chi connectivity index (χ0) is 19.0. The van der Waals surface area contributed by atoms with Crippen molar-refractivity contribution in [2.45, 2.75) is 13.8 Å². The van der Waals surface area contributed by atoms with Crippen LogP contribution in [0.25, 0.3) is 33.4 Å². The summed E-state index contributed by atoms with van der Waals surface area (Å²) in [5.74, 6) is 0.310. The average Bonchev–Trinajstić information content (AvgIpc) is 3.00. The molecule has 0 aliphatic rings. The van der Waals surface area contributed by atoms with Gasteiger partial charge in [0.25, 0.3) is 0 Å². The van der Waals surface area contributed by atoms with E-state index in [9.17, 15) is 4.79 Å². The Morgan fingerprint density at radius 1 is 1.07 bits per heavy atom. The van der Waals surface area contributed by atoms with E-state index in [4.69, 9.17) is 11.6 Å². The van der Waals surface area contributed by atoms with E-state index in [1.165, 1.54) is 6.92 Å². The van der Waals surface area contributed by atoms with Crippen LogP contribution >= 0.6 is 11.6 Å². The van der Waals surface area contributed by atoms with Gasteiger partial charge in [0.2, 0.25) is 5.91 Å². The van der Waals surface area contributed by atoms with Gasteiger partial charge in [0.05, 0.1) is 21.7 Å². The van der Waals surface area contributed by atoms with E-state index in [0.717, 1.165) is 39.1 Å². The molecule has 6 nitrogen and oxygen atoms in total. The topological polar surface area (TPSA) is 83.6 Å². The molecular weight excluding hydrogens is 362 g/mol. The normalized spacial score (nSPS) is 10.9. The molecule has 0 bridgehead atoms. The number of carbonyl (C=O) groups excluding carboxylic acids is 1. The van der Waals surface area contributed by atoms with Crippen LogP contribution in [0.2, 0.25) is 5.02 Å². The lowest BCUT2D eigenvalue weighted by atomic mass is 10.0. The second kappa shape index (κ2) is 6.81. The van der Waals surface area contributed by atoms with Crippen molar-refractivity contribution in [3.05, 3.63) is 59.6 Å². The first-order valence-electron chi connectivity index (χ1n) is 8.35. The molecule has 2 N–H and O–H groups in total. The van der Waals surface area contributed by atoms with Gasteiger partial charge in [-0.25, -0.2) is 4.98 Å². The number of fused-ring (bicyclic) bond motifs is 1. The van der Waals surface area contributed by atoms with Gasteiger partial charge in [-0.2, -0.15) is 0 Å². The molecule has 4 rings (SSSR count). The van der Waals surface area contributed by atoms with Crippen LogP contribution in [-0.2, 0) is 4.79 Å². The van der Waals surface area contributed by atoms with E-state index in [1.807, 2.05) is 43.5 Å². The molecule has 7 heteroatoms. The Hall–Kier alpha value is -3.25. The number of halogens is 1. The third kappa shape index (κ3) is 3.39. The average molecular weight is 378 g/mol. The predicted molar refractivity (Wildman–Crippen MR) is 107 cm³/mol. The van der Waals surface area contributed by atoms with Crippen molar-refractivity contribution in [2.75, 3.05) is 5.32 Å². The number of aromatic amines is 1. The quantitative estimate of drug-likeness (QED) is 0.546. The first kappa shape index (κ1) is 17.2. The molecule has 4 aromatic heterocycles. The smallest absolute Gasteiger partial charge is 0.222 e. The van der Waals surface area contributed by atoms with Crippen LogP contribution in [0, 0.1) is 6.92 Å². The van der Waals surface area contributed by atoms with Crippen molar-refractivity contribution in [1.82, 2.24) is 19.9 Å². The molecular formula is C20H16ClN5O. The fraction of sp³-hybridized carbons (Fsp3) is 0.100. The second-order valence-electron chi connectivity index (χ2n) is 6.22. The lowest BCUT2D eigenvalue weighted by Crippen LogP contribution is -2.07. The highest BCUT2D eigenvalue weighted by atomic mass is 35.5. The molecule has 0 saturated carbocycles. The van der Waals surface area contributed by atoms with Crippen LogP contribution in [0.1, 0.15) is 12.6 Å². The maximum Gasteiger partial charge on any atom is 0.222 e. The fourth-order valence-electron chi connectivity index (χ4n) is 3.00. The molecule has 0 aliphatic carbocycles. The predicted octanol–water partition coefficient (Wildman–Crippen LogP) is 4.61. The van der Waals surface area contributed by atoms with Gasteiger partial charge < -0.3 is 10.3 Å². The lowest BCUT2D eigenvalue weighted by Gasteiger charge is -2.07. The minimum absolute atomic E-state index is 0.173. The zero-order valence-electron chi connectivity index (χ0n) is 14.7. The van der Waals surface area contributed by atoms with Crippen molar-refractivity contribution >= 4 is 34.4 Å². The molecule has 0 spiro atoms. The van der Waals surface area contributed by atoms with Gasteiger partial charge >= 0.3 is 0 Å². The van der Waals surface area contributed by atoms with Crippen LogP contribution in [0.4, 0.5) is 5.82 Å². The van der Waals surface area contributed by atoms with Crippen molar-refractivity contribution in [2.24, 2.45) is 0 Å². The third-order valence-electron chi connectivity index (χ3n) is 4.15. The van der Waals surface area contributed by atoms with Crippen molar-refractivity contribution < 1.29 is 4.79 Å². The Morgan fingerprint density at radius 3 is 2.67 bits per heavy atom. The van der Waals surface area contributed by atoms with Gasteiger partial charge in [0.1, 0.15) is 5.82 Å². The number of hydrogen-bond acceptors (Lipinski definition) is 4. The molecule has 4 aromatic rings. The number of aromatic nitrogens is 4. The number of pyridine rings is 3. The Morgan fingerprint density at radius 2 is 1.93 bits per heavy atom. The molecule has 0 radical (unpaired) electrons. The summed E-state index contributed by atoms with van der Waals surface area (Å²) < 4.78 is 0. The number of anilines is 1. The molecule has 0 unspecified atom stereocenters. The molecule has 0 aromatic carbocycles. The number of amides is 1. The zero-order valence-corrected chi connectivity index (χ0v) is 15.5. The maximum absolute atomic E-state index is 11.4. The van der Waals surface area contributed by atoms with Gasteiger partial charge in [0.15, 0.2) is 0 Å². The summed E-state index contributed by atoms with van der Waals surface area (Å²) in [6.45, 7) is 3.40. The summed E-state index contributed by atoms with van der Waals surface area (Å²) in [4.78, 5) is 27.9. The van der Waals surface area contributed by atoms with Crippen LogP contribution in [0.5, 0.6) is 0 Å². The number of nitrogens with zero attached hydrogens (tertiary/aromatic N) is 3. The lowest BCUT2D eigenvalue weighted by molar-refractivity contribution is -0.114. The Balaban J connectivity index is 1.96. The summed E-state index contributed by atoms with van der Waals surface area (Å²) in [5.41, 5.74) is 6.17. The third-order valence-corrected chi connectivity index (χ3v) is 4.36. The number of hydrogen-bond donors (Lipinski definition) is 2. The second-order valence-corrected chi connectivity index (χ2v) is 6.66. The number of nitrogens with one attached hydrogen (secondary N) is 2. The summed E-state index contributed by atoms with van der Waals surface area (Å²) >= 11 is 6.12. The van der Waals surface area contributed by atoms with Gasteiger partial charge in [-0.15, -0.1) is 0 Å². The molecule has 4 heterocycles. The standard InChI is InChI=1S/C20H16ClN5O/c1-11-3-4-14(9-23-11)18-19(26-16-8-15(21)10-24-20(16)18)13-5-6-22-17(7-13)25-12(2)27/h3-10,26H,1-2H3,(H,22,25,27). The van der Waals surface area contributed by atoms with Crippen LogP contribution in [-0.4, -0.2) is 25.8 Å². The van der Waals surface area contributed by atoms with E-state index in [2.05, 4.69) is 25.3 Å². The summed E-state index contributed by atoms with van der Waals surface area (Å²) in [6, 6.07) is 9.51. The van der Waals surface area contributed by atoms with E-state index >= 15 is 0 Å². The molecule has 0 fully saturated rings. The molecule has 0 saturated heterocycles. The van der Waals surface area contributed by atoms with Crippen LogP contribution < -0.4 is 5.32 Å². The van der Waals surface area contributed by atoms with Gasteiger partial charge in [-0.1, -0.05) is 17.7 Å². The molecule has 0 aliphatic heterocycles. The van der Waals surface area contributed by atoms with Gasteiger partial charge in [-0.3, -0.25) is 14.8 Å². The van der Waals surface area contributed by atoms with Gasteiger partial charge in [0, 0.05) is 47.9 Å². The largest absolute Gasteiger partial charge is 0.353 e. The van der Waals surface area contributed by atoms with Crippen molar-refractivity contribution in [3.8, 4) is 22.4 Å². The molecule has 27 heavy (non-hydrogen) atoms. The van der Waals surface area contributed by atoms with Gasteiger partial charge in [-0.05, 0) is 31.2 Å². The summed E-state index contributed by atoms with van der Waals surface area (Å²) in [6.07, 6.45) is 5.11. The van der Waals surface area contributed by atoms with Crippen molar-refractivity contribution in [1.29, 1.82) is 0 Å². The Labute approximate surface area is 160 Å². The van der Waals surface area contributed by atoms with Crippen molar-refractivity contribution in [3.63, 3.8) is 0 Å². The minimum atomic E-state index is -0.173. The first-order valence-corrected chi connectivity index (χ1v) is 8.73. The minimum Gasteiger partial charge on any atom is -0.353 e. The number of aryl methyl sites for hydroxylation is 1. The highest BCUT2D eigenvalue weighted by Crippen LogP contribution is 2.38. The summed E-state index contributed by atoms with van der Waals surface area (Å²) in [7, 11) is 0. The van der Waals surface area contributed by atoms with E-state index in [-0.39, 0.29) is 5.91 Å². The number of H-pyrrole nitrogens is 1. The van der Waals surface area contributed by atoms with Crippen LogP contribution in [0.15, 0.2) is 48.9 Å². The molecule has 1 amide bonds. The highest BCUT2D eigenvalue weighted by molar-refractivity contribution is 6.31. The monoisotopic (exact) mass is 377 g/mol. The van der Waals surface area contributed by atoms with Crippen LogP contribution in [0.3, 0.4) is 0 Å². The maximum atomic E-state index is 11.4. The van der Waals surface area contributed by atoms with E-state index < -0.39 is 0 Å². The Bertz CT molecular complexity index is 1150. The molecule has 0 atom stereocenters. The SMILES string of the molecule is CC(=O)Nc1cc(-c2[nH]c3cc(Cl)cnc3c2-c2ccc(C)nc2)ccn1. The molecule has 134 valence electrons. The Kier molecular flexibility index (Phi) is 4.33. The summed E-state index contributed by atoms with van der Waals surface area (Å²) in [5, 5.41) is 3.26. The number of carbonyl (C=O) groups is 1. The highest BCUT2D eigenvalue weighted by Gasteiger charge is 2.17. The van der Waals surface area contributed by atoms with E-state index in [1.54, 1.807) is 12.4 Å². The fourth-order valence-corrected chi connectivity index (χ4v) is 3.16. The number of rotatable bonds is 3. The van der Waals surface area contributed by atoms with E-state index in [0.29, 0.717) is 10.8 Å².